The summed E-state index contributed by atoms with van der Waals surface area (Å²) < 4.78 is 0. The van der Waals surface area contributed by atoms with E-state index in [1.807, 2.05) is 30.3 Å². The van der Waals surface area contributed by atoms with Crippen LogP contribution in [-0.2, 0) is 11.3 Å². The first-order chi connectivity index (χ1) is 7.77. The fourth-order valence-corrected chi connectivity index (χ4v) is 2.23. The Hall–Kier alpha value is -1.35. The monoisotopic (exact) mass is 218 g/mol. The molecule has 16 heavy (non-hydrogen) atoms. The van der Waals surface area contributed by atoms with Gasteiger partial charge in [0.15, 0.2) is 0 Å². The number of nitrogens with two attached hydrogens (primary N) is 1. The summed E-state index contributed by atoms with van der Waals surface area (Å²) in [5, 5.41) is 2.95. The number of carbonyl (C=O) groups is 1. The van der Waals surface area contributed by atoms with E-state index in [1.54, 1.807) is 0 Å². The Bertz CT molecular complexity index is 350. The van der Waals surface area contributed by atoms with Gasteiger partial charge in [-0.3, -0.25) is 4.79 Å². The molecule has 2 rings (SSSR count). The molecule has 3 heteroatoms. The van der Waals surface area contributed by atoms with Gasteiger partial charge in [-0.25, -0.2) is 0 Å². The first kappa shape index (κ1) is 11.1. The van der Waals surface area contributed by atoms with Gasteiger partial charge in [-0.05, 0) is 18.4 Å². The lowest BCUT2D eigenvalue weighted by Crippen LogP contribution is -2.38. The number of benzene rings is 1. The minimum Gasteiger partial charge on any atom is -0.352 e. The quantitative estimate of drug-likeness (QED) is 0.806. The second-order valence-corrected chi connectivity index (χ2v) is 4.40. The van der Waals surface area contributed by atoms with E-state index in [1.165, 1.54) is 0 Å². The topological polar surface area (TPSA) is 55.1 Å². The van der Waals surface area contributed by atoms with E-state index in [-0.39, 0.29) is 17.9 Å². The number of hydrogen-bond donors (Lipinski definition) is 2. The molecule has 1 aromatic rings. The van der Waals surface area contributed by atoms with Crippen LogP contribution in [0, 0.1) is 5.92 Å². The van der Waals surface area contributed by atoms with E-state index >= 15 is 0 Å². The highest BCUT2D eigenvalue weighted by molar-refractivity contribution is 5.79. The maximum absolute atomic E-state index is 11.8. The molecule has 86 valence electrons. The van der Waals surface area contributed by atoms with E-state index in [9.17, 15) is 4.79 Å². The average Bonchev–Trinajstić information content (AvgIpc) is 2.74. The first-order valence-corrected chi connectivity index (χ1v) is 5.84. The van der Waals surface area contributed by atoms with Crippen molar-refractivity contribution in [3.05, 3.63) is 35.9 Å². The fraction of sp³-hybridized carbons (Fsp3) is 0.462. The smallest absolute Gasteiger partial charge is 0.224 e. The number of carbonyl (C=O) groups excluding carboxylic acids is 1. The zero-order valence-corrected chi connectivity index (χ0v) is 9.36. The minimum absolute atomic E-state index is 0.0173. The van der Waals surface area contributed by atoms with E-state index in [2.05, 4.69) is 5.32 Å². The third-order valence-corrected chi connectivity index (χ3v) is 3.22. The Morgan fingerprint density at radius 1 is 1.31 bits per heavy atom. The molecule has 0 heterocycles. The Morgan fingerprint density at radius 2 is 2.06 bits per heavy atom. The normalized spacial score (nSPS) is 24.3. The van der Waals surface area contributed by atoms with Crippen LogP contribution < -0.4 is 11.1 Å². The van der Waals surface area contributed by atoms with E-state index < -0.39 is 0 Å². The molecule has 0 aliphatic heterocycles. The maximum atomic E-state index is 11.8. The van der Waals surface area contributed by atoms with Gasteiger partial charge in [-0.15, -0.1) is 0 Å². The molecule has 1 aliphatic carbocycles. The van der Waals surface area contributed by atoms with Crippen LogP contribution in [0.4, 0.5) is 0 Å². The van der Waals surface area contributed by atoms with Gasteiger partial charge >= 0.3 is 0 Å². The van der Waals surface area contributed by atoms with Crippen molar-refractivity contribution in [2.75, 3.05) is 0 Å². The number of rotatable bonds is 3. The van der Waals surface area contributed by atoms with Crippen LogP contribution in [0.3, 0.4) is 0 Å². The summed E-state index contributed by atoms with van der Waals surface area (Å²) in [6.07, 6.45) is 2.98. The molecule has 0 saturated heterocycles. The van der Waals surface area contributed by atoms with Crippen molar-refractivity contribution in [1.29, 1.82) is 0 Å². The molecule has 2 atom stereocenters. The predicted octanol–water partition coefficient (Wildman–Crippen LogP) is 1.43. The van der Waals surface area contributed by atoms with Gasteiger partial charge in [-0.1, -0.05) is 36.8 Å². The molecular formula is C13H18N2O. The molecule has 0 unspecified atom stereocenters. The van der Waals surface area contributed by atoms with E-state index in [0.717, 1.165) is 24.8 Å². The van der Waals surface area contributed by atoms with Crippen LogP contribution in [-0.4, -0.2) is 11.9 Å². The lowest BCUT2D eigenvalue weighted by Gasteiger charge is -2.15. The lowest BCUT2D eigenvalue weighted by molar-refractivity contribution is -0.125. The highest BCUT2D eigenvalue weighted by Gasteiger charge is 2.29. The average molecular weight is 218 g/mol. The standard InChI is InChI=1S/C13H18N2O/c14-12-8-4-7-11(12)13(16)15-9-10-5-2-1-3-6-10/h1-3,5-6,11-12H,4,7-9,14H2,(H,15,16)/t11-,12+/m1/s1. The largest absolute Gasteiger partial charge is 0.352 e. The van der Waals surface area contributed by atoms with Crippen molar-refractivity contribution in [2.24, 2.45) is 11.7 Å². The third kappa shape index (κ3) is 2.61. The van der Waals surface area contributed by atoms with Gasteiger partial charge in [0, 0.05) is 12.6 Å². The molecule has 0 bridgehead atoms. The summed E-state index contributed by atoms with van der Waals surface area (Å²) in [6.45, 7) is 0.600. The van der Waals surface area contributed by atoms with Crippen molar-refractivity contribution < 1.29 is 4.79 Å². The van der Waals surface area contributed by atoms with Crippen LogP contribution in [0.5, 0.6) is 0 Å². The summed E-state index contributed by atoms with van der Waals surface area (Å²) in [5.41, 5.74) is 7.02. The van der Waals surface area contributed by atoms with Gasteiger partial charge in [0.25, 0.3) is 0 Å². The molecule has 1 aliphatic rings. The Labute approximate surface area is 96.0 Å². The molecule has 3 N–H and O–H groups in total. The van der Waals surface area contributed by atoms with Crippen molar-refractivity contribution in [3.63, 3.8) is 0 Å². The highest BCUT2D eigenvalue weighted by atomic mass is 16.1. The molecule has 1 amide bonds. The zero-order valence-electron chi connectivity index (χ0n) is 9.36. The van der Waals surface area contributed by atoms with Gasteiger partial charge in [-0.2, -0.15) is 0 Å². The Kier molecular flexibility index (Phi) is 3.57. The molecule has 0 radical (unpaired) electrons. The number of nitrogens with one attached hydrogen (secondary N) is 1. The minimum atomic E-state index is 0.0173. The van der Waals surface area contributed by atoms with Crippen LogP contribution >= 0.6 is 0 Å². The summed E-state index contributed by atoms with van der Waals surface area (Å²) in [6, 6.07) is 9.99. The molecule has 3 nitrogen and oxygen atoms in total. The van der Waals surface area contributed by atoms with Crippen molar-refractivity contribution in [1.82, 2.24) is 5.32 Å². The summed E-state index contributed by atoms with van der Waals surface area (Å²) >= 11 is 0. The van der Waals surface area contributed by atoms with Gasteiger partial charge < -0.3 is 11.1 Å². The van der Waals surface area contributed by atoms with Gasteiger partial charge in [0.1, 0.15) is 0 Å². The second kappa shape index (κ2) is 5.12. The Morgan fingerprint density at radius 3 is 2.69 bits per heavy atom. The lowest BCUT2D eigenvalue weighted by atomic mass is 10.0. The van der Waals surface area contributed by atoms with Gasteiger partial charge in [0.05, 0.1) is 5.92 Å². The second-order valence-electron chi connectivity index (χ2n) is 4.40. The van der Waals surface area contributed by atoms with Crippen molar-refractivity contribution in [2.45, 2.75) is 31.8 Å². The van der Waals surface area contributed by atoms with E-state index in [0.29, 0.717) is 6.54 Å². The van der Waals surface area contributed by atoms with Crippen LogP contribution in [0.1, 0.15) is 24.8 Å². The van der Waals surface area contributed by atoms with Crippen molar-refractivity contribution in [3.8, 4) is 0 Å². The summed E-state index contributed by atoms with van der Waals surface area (Å²) in [7, 11) is 0. The summed E-state index contributed by atoms with van der Waals surface area (Å²) in [5.74, 6) is 0.123. The predicted molar refractivity (Wildman–Crippen MR) is 63.6 cm³/mol. The van der Waals surface area contributed by atoms with Crippen LogP contribution in [0.2, 0.25) is 0 Å². The van der Waals surface area contributed by atoms with E-state index in [4.69, 9.17) is 5.73 Å². The molecule has 0 spiro atoms. The number of hydrogen-bond acceptors (Lipinski definition) is 2. The molecular weight excluding hydrogens is 200 g/mol. The SMILES string of the molecule is N[C@H]1CCC[C@H]1C(=O)NCc1ccccc1. The molecule has 1 saturated carbocycles. The van der Waals surface area contributed by atoms with Crippen molar-refractivity contribution >= 4 is 5.91 Å². The molecule has 1 fully saturated rings. The third-order valence-electron chi connectivity index (χ3n) is 3.22. The van der Waals surface area contributed by atoms with Gasteiger partial charge in [0.2, 0.25) is 5.91 Å². The zero-order chi connectivity index (χ0) is 11.4. The highest BCUT2D eigenvalue weighted by Crippen LogP contribution is 2.23. The van der Waals surface area contributed by atoms with Crippen LogP contribution in [0.15, 0.2) is 30.3 Å². The fourth-order valence-electron chi connectivity index (χ4n) is 2.23. The van der Waals surface area contributed by atoms with Crippen LogP contribution in [0.25, 0.3) is 0 Å². The Balaban J connectivity index is 1.84. The first-order valence-electron chi connectivity index (χ1n) is 5.84. The molecule has 0 aromatic heterocycles. The maximum Gasteiger partial charge on any atom is 0.224 e. The number of amides is 1. The molecule has 1 aromatic carbocycles. The summed E-state index contributed by atoms with van der Waals surface area (Å²) in [4.78, 5) is 11.8.